The average Bonchev–Trinajstić information content (AvgIpc) is 2.97. The minimum absolute atomic E-state index is 0.0841. The van der Waals surface area contributed by atoms with E-state index in [1.54, 1.807) is 0 Å². The number of ether oxygens (including phenoxy) is 1. The molecule has 8 nitrogen and oxygen atoms in total. The first-order valence-electron chi connectivity index (χ1n) is 6.02. The first kappa shape index (κ1) is 15.0. The van der Waals surface area contributed by atoms with Crippen LogP contribution in [0, 0.1) is 0 Å². The second-order valence-corrected chi connectivity index (χ2v) is 6.05. The quantitative estimate of drug-likeness (QED) is 0.740. The van der Waals surface area contributed by atoms with Gasteiger partial charge in [0.05, 0.1) is 25.9 Å². The van der Waals surface area contributed by atoms with Crippen molar-refractivity contribution in [3.05, 3.63) is 17.9 Å². The Hall–Kier alpha value is -1.42. The highest BCUT2D eigenvalue weighted by atomic mass is 32.2. The molecule has 9 heteroatoms. The fourth-order valence-corrected chi connectivity index (χ4v) is 2.54. The highest BCUT2D eigenvalue weighted by Crippen LogP contribution is 2.17. The van der Waals surface area contributed by atoms with Crippen molar-refractivity contribution in [2.75, 3.05) is 33.4 Å². The van der Waals surface area contributed by atoms with Crippen molar-refractivity contribution in [1.29, 1.82) is 0 Å². The molecular formula is C11H16N2O6S. The van der Waals surface area contributed by atoms with Gasteiger partial charge in [-0.3, -0.25) is 4.79 Å². The van der Waals surface area contributed by atoms with Crippen molar-refractivity contribution < 1.29 is 27.5 Å². The molecule has 2 N–H and O–H groups in total. The molecule has 20 heavy (non-hydrogen) atoms. The lowest BCUT2D eigenvalue weighted by molar-refractivity contribution is -0.0198. The lowest BCUT2D eigenvalue weighted by Gasteiger charge is -2.33. The summed E-state index contributed by atoms with van der Waals surface area (Å²) in [5, 5.41) is 8.90. The van der Waals surface area contributed by atoms with Crippen molar-refractivity contribution in [3.63, 3.8) is 0 Å². The number of sulfonamides is 1. The van der Waals surface area contributed by atoms with Crippen molar-refractivity contribution in [3.8, 4) is 0 Å². The first-order chi connectivity index (χ1) is 9.49. The molecule has 1 saturated heterocycles. The Morgan fingerprint density at radius 1 is 1.55 bits per heavy atom. The number of aliphatic hydroxyl groups excluding tert-OH is 1. The molecule has 1 fully saturated rings. The molecule has 0 bridgehead atoms. The Morgan fingerprint density at radius 2 is 2.30 bits per heavy atom. The molecular weight excluding hydrogens is 288 g/mol. The van der Waals surface area contributed by atoms with Crippen LogP contribution in [0.4, 0.5) is 0 Å². The monoisotopic (exact) mass is 304 g/mol. The molecule has 1 unspecified atom stereocenters. The molecule has 0 aromatic carbocycles. The summed E-state index contributed by atoms with van der Waals surface area (Å²) in [7, 11) is -2.47. The molecule has 0 aliphatic carbocycles. The Balaban J connectivity index is 2.21. The van der Waals surface area contributed by atoms with Crippen molar-refractivity contribution >= 4 is 15.9 Å². The van der Waals surface area contributed by atoms with E-state index in [0.29, 0.717) is 13.2 Å². The fraction of sp³-hybridized carbons (Fsp3) is 0.545. The highest BCUT2D eigenvalue weighted by molar-refractivity contribution is 7.89. The van der Waals surface area contributed by atoms with Gasteiger partial charge in [0.1, 0.15) is 0 Å². The van der Waals surface area contributed by atoms with Gasteiger partial charge in [-0.05, 0) is 19.2 Å². The van der Waals surface area contributed by atoms with Gasteiger partial charge in [-0.15, -0.1) is 0 Å². The van der Waals surface area contributed by atoms with Crippen molar-refractivity contribution in [2.24, 2.45) is 0 Å². The van der Waals surface area contributed by atoms with Crippen LogP contribution in [0.25, 0.3) is 0 Å². The summed E-state index contributed by atoms with van der Waals surface area (Å²) in [4.78, 5) is 13.7. The van der Waals surface area contributed by atoms with E-state index in [-0.39, 0.29) is 24.1 Å². The number of rotatable bonds is 4. The maximum atomic E-state index is 12.2. The molecule has 1 amide bonds. The van der Waals surface area contributed by atoms with E-state index in [1.807, 2.05) is 0 Å². The van der Waals surface area contributed by atoms with E-state index in [2.05, 4.69) is 4.72 Å². The van der Waals surface area contributed by atoms with Crippen molar-refractivity contribution in [2.45, 2.75) is 11.1 Å². The molecule has 1 aliphatic rings. The Morgan fingerprint density at radius 3 is 2.95 bits per heavy atom. The molecule has 0 spiro atoms. The second kappa shape index (κ2) is 5.92. The molecule has 1 aliphatic heterocycles. The lowest BCUT2D eigenvalue weighted by atomic mass is 10.2. The largest absolute Gasteiger partial charge is 0.438 e. The highest BCUT2D eigenvalue weighted by Gasteiger charge is 2.30. The van der Waals surface area contributed by atoms with Crippen LogP contribution in [0.2, 0.25) is 0 Å². The Kier molecular flexibility index (Phi) is 4.43. The molecule has 1 atom stereocenters. The third-order valence-electron chi connectivity index (χ3n) is 3.02. The third kappa shape index (κ3) is 2.85. The number of morpholine rings is 1. The van der Waals surface area contributed by atoms with Crippen LogP contribution >= 0.6 is 0 Å². The van der Waals surface area contributed by atoms with Gasteiger partial charge >= 0.3 is 0 Å². The van der Waals surface area contributed by atoms with Crippen LogP contribution < -0.4 is 4.72 Å². The first-order valence-corrected chi connectivity index (χ1v) is 7.51. The molecule has 2 heterocycles. The van der Waals surface area contributed by atoms with Gasteiger partial charge in [0.15, 0.2) is 5.76 Å². The van der Waals surface area contributed by atoms with E-state index in [9.17, 15) is 18.3 Å². The number of carbonyl (C=O) groups excluding carboxylic acids is 1. The number of nitrogens with one attached hydrogen (secondary N) is 1. The number of aliphatic hydroxyl groups is 1. The number of nitrogens with zero attached hydrogens (tertiary/aromatic N) is 1. The second-order valence-electron chi connectivity index (χ2n) is 4.24. The Labute approximate surface area is 116 Å². The van der Waals surface area contributed by atoms with E-state index < -0.39 is 22.0 Å². The summed E-state index contributed by atoms with van der Waals surface area (Å²) in [5.41, 5.74) is 0. The van der Waals surface area contributed by atoms with Crippen LogP contribution in [0.5, 0.6) is 0 Å². The smallest absolute Gasteiger partial charge is 0.290 e. The number of amides is 1. The lowest BCUT2D eigenvalue weighted by Crippen LogP contribution is -2.50. The van der Waals surface area contributed by atoms with Crippen LogP contribution in [0.15, 0.2) is 21.6 Å². The molecule has 1 aromatic heterocycles. The minimum Gasteiger partial charge on any atom is -0.438 e. The topological polar surface area (TPSA) is 109 Å². The molecule has 2 rings (SSSR count). The zero-order valence-electron chi connectivity index (χ0n) is 10.9. The summed E-state index contributed by atoms with van der Waals surface area (Å²) < 4.78 is 35.4. The normalized spacial score (nSPS) is 20.1. The van der Waals surface area contributed by atoms with Crippen LogP contribution in [0.3, 0.4) is 0 Å². The van der Waals surface area contributed by atoms with Gasteiger partial charge in [0.25, 0.3) is 15.9 Å². The molecule has 112 valence electrons. The maximum Gasteiger partial charge on any atom is 0.290 e. The van der Waals surface area contributed by atoms with E-state index in [0.717, 1.165) is 0 Å². The Bertz CT molecular complexity index is 581. The molecule has 0 radical (unpaired) electrons. The van der Waals surface area contributed by atoms with Gasteiger partial charge in [-0.25, -0.2) is 13.1 Å². The van der Waals surface area contributed by atoms with Crippen LogP contribution in [0.1, 0.15) is 10.6 Å². The van der Waals surface area contributed by atoms with Crippen molar-refractivity contribution in [1.82, 2.24) is 9.62 Å². The van der Waals surface area contributed by atoms with E-state index in [4.69, 9.17) is 9.15 Å². The summed E-state index contributed by atoms with van der Waals surface area (Å²) in [6, 6.07) is 2.06. The molecule has 1 aromatic rings. The summed E-state index contributed by atoms with van der Waals surface area (Å²) in [5.74, 6) is -0.552. The number of hydrogen-bond acceptors (Lipinski definition) is 6. The summed E-state index contributed by atoms with van der Waals surface area (Å²) >= 11 is 0. The van der Waals surface area contributed by atoms with Gasteiger partial charge in [0.2, 0.25) is 5.09 Å². The number of carbonyl (C=O) groups is 1. The zero-order chi connectivity index (χ0) is 14.8. The van der Waals surface area contributed by atoms with Gasteiger partial charge in [0, 0.05) is 6.54 Å². The number of hydrogen-bond donors (Lipinski definition) is 2. The third-order valence-corrected chi connectivity index (χ3v) is 4.31. The van der Waals surface area contributed by atoms with Gasteiger partial charge < -0.3 is 19.2 Å². The molecule has 0 saturated carbocycles. The maximum absolute atomic E-state index is 12.2. The fourth-order valence-electron chi connectivity index (χ4n) is 1.90. The standard InChI is InChI=1S/C11H16N2O6S/c1-12-20(16,17)10-3-2-9(19-10)11(15)13-4-5-18-7-8(13)6-14/h2-3,8,12,14H,4-7H2,1H3. The predicted molar refractivity (Wildman–Crippen MR) is 67.7 cm³/mol. The van der Waals surface area contributed by atoms with Crippen LogP contribution in [-0.2, 0) is 14.8 Å². The van der Waals surface area contributed by atoms with Crippen LogP contribution in [-0.4, -0.2) is 63.8 Å². The van der Waals surface area contributed by atoms with Gasteiger partial charge in [-0.2, -0.15) is 0 Å². The minimum atomic E-state index is -3.72. The van der Waals surface area contributed by atoms with E-state index >= 15 is 0 Å². The number of furan rings is 1. The summed E-state index contributed by atoms with van der Waals surface area (Å²) in [6.07, 6.45) is 0. The summed E-state index contributed by atoms with van der Waals surface area (Å²) in [6.45, 7) is 0.697. The SMILES string of the molecule is CNS(=O)(=O)c1ccc(C(=O)N2CCOCC2CO)o1. The zero-order valence-corrected chi connectivity index (χ0v) is 11.7. The van der Waals surface area contributed by atoms with E-state index in [1.165, 1.54) is 24.1 Å². The average molecular weight is 304 g/mol. The predicted octanol–water partition coefficient (Wildman–Crippen LogP) is -0.979. The van der Waals surface area contributed by atoms with Gasteiger partial charge in [-0.1, -0.05) is 0 Å².